The van der Waals surface area contributed by atoms with E-state index in [4.69, 9.17) is 4.74 Å². The summed E-state index contributed by atoms with van der Waals surface area (Å²) < 4.78 is 5.19. The molecule has 0 saturated carbocycles. The second-order valence-electron chi connectivity index (χ2n) is 11.1. The first kappa shape index (κ1) is 28.5. The zero-order valence-electron chi connectivity index (χ0n) is 24.0. The quantitative estimate of drug-likeness (QED) is 0.133. The molecule has 6 rings (SSSR count). The molecule has 5 aromatic rings. The second-order valence-corrected chi connectivity index (χ2v) is 12.2. The molecule has 0 bridgehead atoms. The molecule has 0 radical (unpaired) electrons. The van der Waals surface area contributed by atoms with Crippen LogP contribution in [0.1, 0.15) is 40.7 Å². The van der Waals surface area contributed by atoms with E-state index in [-0.39, 0.29) is 12.5 Å². The van der Waals surface area contributed by atoms with E-state index in [1.807, 2.05) is 78.9 Å². The summed E-state index contributed by atoms with van der Waals surface area (Å²) in [6, 6.07) is 47.4. The number of carbonyl (C=O) groups is 2. The number of fused-ring (bicyclic) bond motifs is 3. The Morgan fingerprint density at radius 3 is 1.56 bits per heavy atom. The lowest BCUT2D eigenvalue weighted by Gasteiger charge is -2.38. The summed E-state index contributed by atoms with van der Waals surface area (Å²) in [7, 11) is 0. The maximum Gasteiger partial charge on any atom is 0.407 e. The number of carbonyl (C=O) groups excluding carboxylic acids is 2. The molecule has 0 unspecified atom stereocenters. The van der Waals surface area contributed by atoms with Crippen molar-refractivity contribution in [2.75, 3.05) is 12.4 Å². The maximum atomic E-state index is 13.2. The fourth-order valence-corrected chi connectivity index (χ4v) is 7.56. The third kappa shape index (κ3) is 5.61. The fraction of sp³-hybridized carbons (Fsp3) is 0.158. The Labute approximate surface area is 257 Å². The smallest absolute Gasteiger partial charge is 0.407 e. The molecule has 0 heterocycles. The Hall–Kier alpha value is -4.61. The van der Waals surface area contributed by atoms with Gasteiger partial charge in [-0.15, -0.1) is 11.8 Å². The molecular weight excluding hydrogens is 550 g/mol. The first-order chi connectivity index (χ1) is 21.0. The van der Waals surface area contributed by atoms with Gasteiger partial charge in [-0.2, -0.15) is 0 Å². The monoisotopic (exact) mass is 583 g/mol. The minimum Gasteiger partial charge on any atom is -0.449 e. The van der Waals surface area contributed by atoms with Gasteiger partial charge in [0.05, 0.1) is 4.75 Å². The van der Waals surface area contributed by atoms with Gasteiger partial charge in [0.15, 0.2) is 0 Å². The first-order valence-corrected chi connectivity index (χ1v) is 15.4. The molecule has 0 aromatic heterocycles. The van der Waals surface area contributed by atoms with E-state index in [1.165, 1.54) is 11.1 Å². The molecule has 0 saturated heterocycles. The van der Waals surface area contributed by atoms with Crippen molar-refractivity contribution < 1.29 is 14.3 Å². The number of alkyl carbamates (subject to hydrolysis) is 1. The molecule has 1 aliphatic rings. The molecule has 4 nitrogen and oxygen atoms in total. The molecule has 43 heavy (non-hydrogen) atoms. The van der Waals surface area contributed by atoms with E-state index in [2.05, 4.69) is 66.0 Å². The van der Waals surface area contributed by atoms with Gasteiger partial charge in [-0.3, -0.25) is 0 Å². The molecule has 214 valence electrons. The van der Waals surface area contributed by atoms with Crippen molar-refractivity contribution in [3.05, 3.63) is 167 Å². The van der Waals surface area contributed by atoms with Gasteiger partial charge in [0.1, 0.15) is 18.4 Å². The number of thioether (sulfide) groups is 1. The van der Waals surface area contributed by atoms with Crippen molar-refractivity contribution in [3.8, 4) is 11.1 Å². The predicted molar refractivity (Wildman–Crippen MR) is 174 cm³/mol. The van der Waals surface area contributed by atoms with E-state index < -0.39 is 16.4 Å². The molecule has 0 spiro atoms. The number of nitrogens with one attached hydrogen (secondary N) is 1. The Balaban J connectivity index is 1.24. The number of hydrogen-bond donors (Lipinski definition) is 1. The standard InChI is InChI=1S/C38H33NO3S/c1-37(26-40,39-36(41)42-25-35-33-23-13-11-21-31(33)32-22-12-14-24-34(32)35)27-43-38(28-15-5-2-6-16-28,29-17-7-3-8-18-29)30-19-9-4-10-20-30/h2-24,26,35H,25,27H2,1H3,(H,39,41)/t37-/m1/s1. The average Bonchev–Trinajstić information content (AvgIpc) is 3.39. The van der Waals surface area contributed by atoms with Crippen LogP contribution in [-0.4, -0.2) is 30.3 Å². The van der Waals surface area contributed by atoms with Gasteiger partial charge >= 0.3 is 6.09 Å². The number of rotatable bonds is 10. The van der Waals surface area contributed by atoms with Crippen molar-refractivity contribution in [1.82, 2.24) is 5.32 Å². The third-order valence-corrected chi connectivity index (χ3v) is 10.0. The van der Waals surface area contributed by atoms with Crippen LogP contribution in [0.5, 0.6) is 0 Å². The van der Waals surface area contributed by atoms with Crippen LogP contribution < -0.4 is 5.32 Å². The first-order valence-electron chi connectivity index (χ1n) is 14.4. The normalized spacial score (nSPS) is 13.8. The number of aldehydes is 1. The molecular formula is C38H33NO3S. The summed E-state index contributed by atoms with van der Waals surface area (Å²) in [5.41, 5.74) is 6.72. The van der Waals surface area contributed by atoms with E-state index in [9.17, 15) is 9.59 Å². The zero-order chi connectivity index (χ0) is 29.7. The van der Waals surface area contributed by atoms with Crippen LogP contribution in [0.2, 0.25) is 0 Å². The van der Waals surface area contributed by atoms with Crippen LogP contribution in [0.3, 0.4) is 0 Å². The third-order valence-electron chi connectivity index (χ3n) is 8.12. The van der Waals surface area contributed by atoms with Crippen molar-refractivity contribution >= 4 is 24.1 Å². The molecule has 1 amide bonds. The van der Waals surface area contributed by atoms with Gasteiger partial charge in [-0.25, -0.2) is 4.79 Å². The zero-order valence-corrected chi connectivity index (χ0v) is 24.8. The van der Waals surface area contributed by atoms with Crippen molar-refractivity contribution in [3.63, 3.8) is 0 Å². The van der Waals surface area contributed by atoms with Crippen LogP contribution in [0.15, 0.2) is 140 Å². The van der Waals surface area contributed by atoms with E-state index >= 15 is 0 Å². The number of hydrogen-bond acceptors (Lipinski definition) is 4. The lowest BCUT2D eigenvalue weighted by atomic mass is 9.84. The summed E-state index contributed by atoms with van der Waals surface area (Å²) in [5, 5.41) is 2.89. The highest BCUT2D eigenvalue weighted by Crippen LogP contribution is 2.49. The number of ether oxygens (including phenoxy) is 1. The summed E-state index contributed by atoms with van der Waals surface area (Å²) >= 11 is 1.63. The molecule has 0 fully saturated rings. The number of benzene rings is 5. The fourth-order valence-electron chi connectivity index (χ4n) is 5.99. The van der Waals surface area contributed by atoms with E-state index in [0.29, 0.717) is 5.75 Å². The minimum absolute atomic E-state index is 0.0584. The molecule has 5 aromatic carbocycles. The predicted octanol–water partition coefficient (Wildman–Crippen LogP) is 8.21. The second kappa shape index (κ2) is 12.3. The largest absolute Gasteiger partial charge is 0.449 e. The molecule has 1 aliphatic carbocycles. The Kier molecular flexibility index (Phi) is 8.17. The Bertz CT molecular complexity index is 1570. The summed E-state index contributed by atoms with van der Waals surface area (Å²) in [6.07, 6.45) is 0.203. The van der Waals surface area contributed by atoms with Crippen LogP contribution in [0, 0.1) is 0 Å². The minimum atomic E-state index is -1.17. The number of amides is 1. The summed E-state index contributed by atoms with van der Waals surface area (Å²) in [4.78, 5) is 25.8. The Morgan fingerprint density at radius 2 is 1.12 bits per heavy atom. The van der Waals surface area contributed by atoms with Crippen molar-refractivity contribution in [1.29, 1.82) is 0 Å². The molecule has 1 N–H and O–H groups in total. The highest BCUT2D eigenvalue weighted by atomic mass is 32.2. The lowest BCUT2D eigenvalue weighted by molar-refractivity contribution is -0.112. The van der Waals surface area contributed by atoms with Crippen molar-refractivity contribution in [2.24, 2.45) is 0 Å². The summed E-state index contributed by atoms with van der Waals surface area (Å²) in [5.74, 6) is 0.260. The van der Waals surface area contributed by atoms with Crippen LogP contribution in [0.25, 0.3) is 11.1 Å². The van der Waals surface area contributed by atoms with E-state index in [0.717, 1.165) is 34.1 Å². The van der Waals surface area contributed by atoms with Gasteiger partial charge in [-0.05, 0) is 45.9 Å². The summed E-state index contributed by atoms with van der Waals surface area (Å²) in [6.45, 7) is 1.93. The van der Waals surface area contributed by atoms with Crippen LogP contribution in [0.4, 0.5) is 4.79 Å². The molecule has 1 atom stereocenters. The molecule has 0 aliphatic heterocycles. The lowest BCUT2D eigenvalue weighted by Crippen LogP contribution is -2.50. The topological polar surface area (TPSA) is 55.4 Å². The SMILES string of the molecule is C[C@@](C=O)(CSC(c1ccccc1)(c1ccccc1)c1ccccc1)NC(=O)OCC1c2ccccc2-c2ccccc21. The van der Waals surface area contributed by atoms with Gasteiger partial charge in [0.2, 0.25) is 0 Å². The van der Waals surface area contributed by atoms with Gasteiger partial charge < -0.3 is 14.8 Å². The van der Waals surface area contributed by atoms with Crippen LogP contribution >= 0.6 is 11.8 Å². The molecule has 5 heteroatoms. The van der Waals surface area contributed by atoms with Gasteiger partial charge in [0.25, 0.3) is 0 Å². The van der Waals surface area contributed by atoms with Crippen LogP contribution in [-0.2, 0) is 14.3 Å². The van der Waals surface area contributed by atoms with Crippen molar-refractivity contribution in [2.45, 2.75) is 23.1 Å². The Morgan fingerprint density at radius 1 is 0.698 bits per heavy atom. The maximum absolute atomic E-state index is 13.2. The average molecular weight is 584 g/mol. The van der Waals surface area contributed by atoms with Gasteiger partial charge in [-0.1, -0.05) is 140 Å². The van der Waals surface area contributed by atoms with E-state index in [1.54, 1.807) is 18.7 Å². The van der Waals surface area contributed by atoms with Gasteiger partial charge in [0, 0.05) is 11.7 Å². The highest BCUT2D eigenvalue weighted by molar-refractivity contribution is 8.00. The highest BCUT2D eigenvalue weighted by Gasteiger charge is 2.40.